The van der Waals surface area contributed by atoms with Crippen LogP contribution in [0.2, 0.25) is 0 Å². The standard InChI is InChI=1S/C19H21F2N3O2S/c1-22(11-12-26-15-9-7-14(25-2)8-10-15)13-23-16-5-3-4-6-17(16)24(18(20)21)19(23)27/h3-10,18H,11-13H2,1-2H3. The predicted octanol–water partition coefficient (Wildman–Crippen LogP) is 4.54. The van der Waals surface area contributed by atoms with Gasteiger partial charge in [0.25, 0.3) is 0 Å². The molecule has 0 amide bonds. The molecule has 0 bridgehead atoms. The van der Waals surface area contributed by atoms with Crippen molar-refractivity contribution in [2.75, 3.05) is 27.3 Å². The normalized spacial score (nSPS) is 11.5. The molecule has 1 aromatic heterocycles. The van der Waals surface area contributed by atoms with Gasteiger partial charge in [-0.2, -0.15) is 8.78 Å². The summed E-state index contributed by atoms with van der Waals surface area (Å²) in [5.74, 6) is 1.51. The first-order valence-corrected chi connectivity index (χ1v) is 8.85. The van der Waals surface area contributed by atoms with Gasteiger partial charge < -0.3 is 14.0 Å². The Morgan fingerprint density at radius 1 is 1.04 bits per heavy atom. The largest absolute Gasteiger partial charge is 0.497 e. The van der Waals surface area contributed by atoms with Crippen LogP contribution in [0.4, 0.5) is 8.78 Å². The van der Waals surface area contributed by atoms with Crippen LogP contribution in [0.15, 0.2) is 48.5 Å². The van der Waals surface area contributed by atoms with Crippen LogP contribution in [0.25, 0.3) is 11.0 Å². The number of imidazole rings is 1. The third kappa shape index (κ3) is 4.28. The number of para-hydroxylation sites is 2. The molecule has 0 saturated heterocycles. The Morgan fingerprint density at radius 3 is 2.30 bits per heavy atom. The van der Waals surface area contributed by atoms with Gasteiger partial charge in [-0.05, 0) is 55.7 Å². The van der Waals surface area contributed by atoms with E-state index in [1.807, 2.05) is 42.3 Å². The molecular formula is C19H21F2N3O2S. The summed E-state index contributed by atoms with van der Waals surface area (Å²) in [4.78, 5) is 1.97. The minimum atomic E-state index is -2.67. The van der Waals surface area contributed by atoms with Crippen molar-refractivity contribution in [3.05, 3.63) is 53.3 Å². The maximum atomic E-state index is 13.4. The van der Waals surface area contributed by atoms with Gasteiger partial charge in [-0.3, -0.25) is 9.47 Å². The van der Waals surface area contributed by atoms with E-state index in [1.54, 1.807) is 29.9 Å². The molecule has 144 valence electrons. The Morgan fingerprint density at radius 2 is 1.67 bits per heavy atom. The number of aromatic nitrogens is 2. The predicted molar refractivity (Wildman–Crippen MR) is 103 cm³/mol. The van der Waals surface area contributed by atoms with Crippen LogP contribution in [0.1, 0.15) is 6.55 Å². The van der Waals surface area contributed by atoms with Crippen LogP contribution >= 0.6 is 12.2 Å². The highest BCUT2D eigenvalue weighted by atomic mass is 32.1. The maximum Gasteiger partial charge on any atom is 0.321 e. The van der Waals surface area contributed by atoms with Gasteiger partial charge in [-0.1, -0.05) is 12.1 Å². The monoisotopic (exact) mass is 393 g/mol. The Balaban J connectivity index is 1.66. The highest BCUT2D eigenvalue weighted by Crippen LogP contribution is 2.24. The van der Waals surface area contributed by atoms with Gasteiger partial charge in [-0.15, -0.1) is 0 Å². The molecule has 0 fully saturated rings. The molecule has 0 aliphatic carbocycles. The number of ether oxygens (including phenoxy) is 2. The summed E-state index contributed by atoms with van der Waals surface area (Å²) >= 11 is 5.28. The Kier molecular flexibility index (Phi) is 6.08. The number of rotatable bonds is 8. The number of hydrogen-bond donors (Lipinski definition) is 0. The molecule has 0 aliphatic heterocycles. The SMILES string of the molecule is COc1ccc(OCCN(C)Cn2c(=S)n(C(F)F)c3ccccc32)cc1. The van der Waals surface area contributed by atoms with Gasteiger partial charge in [0.15, 0.2) is 4.77 Å². The summed E-state index contributed by atoms with van der Waals surface area (Å²) < 4.78 is 40.3. The number of methoxy groups -OCH3 is 1. The molecular weight excluding hydrogens is 372 g/mol. The number of halogens is 2. The topological polar surface area (TPSA) is 31.6 Å². The second kappa shape index (κ2) is 8.49. The molecule has 2 aromatic carbocycles. The first-order valence-electron chi connectivity index (χ1n) is 8.44. The average Bonchev–Trinajstić information content (AvgIpc) is 2.94. The molecule has 0 aliphatic rings. The quantitative estimate of drug-likeness (QED) is 0.526. The van der Waals surface area contributed by atoms with Crippen LogP contribution in [0.3, 0.4) is 0 Å². The molecule has 1 heterocycles. The van der Waals surface area contributed by atoms with E-state index in [-0.39, 0.29) is 4.77 Å². The van der Waals surface area contributed by atoms with Crippen LogP contribution in [-0.2, 0) is 6.67 Å². The molecule has 5 nitrogen and oxygen atoms in total. The van der Waals surface area contributed by atoms with E-state index in [9.17, 15) is 8.78 Å². The van der Waals surface area contributed by atoms with E-state index in [0.29, 0.717) is 30.9 Å². The third-order valence-electron chi connectivity index (χ3n) is 4.25. The number of hydrogen-bond acceptors (Lipinski definition) is 4. The van der Waals surface area contributed by atoms with Crippen LogP contribution in [0.5, 0.6) is 11.5 Å². The van der Waals surface area contributed by atoms with Crippen molar-refractivity contribution >= 4 is 23.3 Å². The zero-order valence-corrected chi connectivity index (χ0v) is 16.0. The van der Waals surface area contributed by atoms with E-state index < -0.39 is 6.55 Å². The lowest BCUT2D eigenvalue weighted by atomic mass is 10.3. The van der Waals surface area contributed by atoms with Crippen LogP contribution in [0, 0.1) is 4.77 Å². The van der Waals surface area contributed by atoms with Crippen molar-refractivity contribution in [2.45, 2.75) is 13.2 Å². The van der Waals surface area contributed by atoms with Gasteiger partial charge in [0, 0.05) is 6.54 Å². The molecule has 3 rings (SSSR count). The second-order valence-electron chi connectivity index (χ2n) is 6.09. The van der Waals surface area contributed by atoms with Gasteiger partial charge in [0.2, 0.25) is 0 Å². The molecule has 0 atom stereocenters. The molecule has 0 spiro atoms. The second-order valence-corrected chi connectivity index (χ2v) is 6.46. The lowest BCUT2D eigenvalue weighted by molar-refractivity contribution is 0.0716. The molecule has 27 heavy (non-hydrogen) atoms. The van der Waals surface area contributed by atoms with Crippen molar-refractivity contribution in [3.63, 3.8) is 0 Å². The third-order valence-corrected chi connectivity index (χ3v) is 4.67. The van der Waals surface area contributed by atoms with Crippen LogP contribution < -0.4 is 9.47 Å². The number of benzene rings is 2. The van der Waals surface area contributed by atoms with Crippen molar-refractivity contribution < 1.29 is 18.3 Å². The lowest BCUT2D eigenvalue weighted by Crippen LogP contribution is -2.27. The number of nitrogens with zero attached hydrogens (tertiary/aromatic N) is 3. The summed E-state index contributed by atoms with van der Waals surface area (Å²) in [6.45, 7) is -1.20. The van der Waals surface area contributed by atoms with E-state index >= 15 is 0 Å². The van der Waals surface area contributed by atoms with Gasteiger partial charge in [0.1, 0.15) is 18.1 Å². The van der Waals surface area contributed by atoms with Crippen molar-refractivity contribution in [1.82, 2.24) is 14.0 Å². The minimum absolute atomic E-state index is 0.106. The van der Waals surface area contributed by atoms with Crippen molar-refractivity contribution in [2.24, 2.45) is 0 Å². The zero-order valence-electron chi connectivity index (χ0n) is 15.1. The Labute approximate surface area is 161 Å². The lowest BCUT2D eigenvalue weighted by Gasteiger charge is -2.18. The molecule has 3 aromatic rings. The van der Waals surface area contributed by atoms with E-state index in [0.717, 1.165) is 16.1 Å². The van der Waals surface area contributed by atoms with E-state index in [2.05, 4.69) is 0 Å². The molecule has 8 heteroatoms. The summed E-state index contributed by atoms with van der Waals surface area (Å²) in [5, 5.41) is 0. The minimum Gasteiger partial charge on any atom is -0.497 e. The fourth-order valence-electron chi connectivity index (χ4n) is 2.86. The summed E-state index contributed by atoms with van der Waals surface area (Å²) in [7, 11) is 3.51. The molecule has 0 unspecified atom stereocenters. The first kappa shape index (κ1) is 19.3. The Bertz CT molecular complexity index is 954. The smallest absolute Gasteiger partial charge is 0.321 e. The zero-order chi connectivity index (χ0) is 19.4. The number of fused-ring (bicyclic) bond motifs is 1. The van der Waals surface area contributed by atoms with E-state index in [1.165, 1.54) is 0 Å². The summed E-state index contributed by atoms with van der Waals surface area (Å²) in [6, 6.07) is 14.3. The molecule has 0 saturated carbocycles. The molecule has 0 radical (unpaired) electrons. The van der Waals surface area contributed by atoms with Gasteiger partial charge >= 0.3 is 6.55 Å². The fraction of sp³-hybridized carbons (Fsp3) is 0.316. The maximum absolute atomic E-state index is 13.4. The first-order chi connectivity index (χ1) is 13.0. The highest BCUT2D eigenvalue weighted by molar-refractivity contribution is 7.71. The highest BCUT2D eigenvalue weighted by Gasteiger charge is 2.17. The summed E-state index contributed by atoms with van der Waals surface area (Å²) in [5.41, 5.74) is 1.12. The van der Waals surface area contributed by atoms with Crippen LogP contribution in [-0.4, -0.2) is 41.3 Å². The number of likely N-dealkylation sites (N-methyl/N-ethyl adjacent to an activating group) is 1. The number of alkyl halides is 2. The van der Waals surface area contributed by atoms with Crippen molar-refractivity contribution in [3.8, 4) is 11.5 Å². The Hall–Kier alpha value is -2.45. The van der Waals surface area contributed by atoms with Gasteiger partial charge in [0.05, 0.1) is 24.8 Å². The summed E-state index contributed by atoms with van der Waals surface area (Å²) in [6.07, 6.45) is 0. The van der Waals surface area contributed by atoms with E-state index in [4.69, 9.17) is 21.7 Å². The average molecular weight is 393 g/mol. The van der Waals surface area contributed by atoms with Crippen molar-refractivity contribution in [1.29, 1.82) is 0 Å². The van der Waals surface area contributed by atoms with Gasteiger partial charge in [-0.25, -0.2) is 0 Å². The fourth-order valence-corrected chi connectivity index (χ4v) is 3.20. The molecule has 0 N–H and O–H groups in total.